The summed E-state index contributed by atoms with van der Waals surface area (Å²) in [5.74, 6) is 0.0310. The predicted octanol–water partition coefficient (Wildman–Crippen LogP) is 4.36. The monoisotopic (exact) mass is 311 g/mol. The normalized spacial score (nSPS) is 15.3. The summed E-state index contributed by atoms with van der Waals surface area (Å²) in [5, 5.41) is 4.20. The van der Waals surface area contributed by atoms with E-state index in [0.717, 1.165) is 29.8 Å². The summed E-state index contributed by atoms with van der Waals surface area (Å²) in [7, 11) is 1.44. The predicted molar refractivity (Wildman–Crippen MR) is 87.5 cm³/mol. The van der Waals surface area contributed by atoms with Crippen LogP contribution in [0.2, 0.25) is 5.02 Å². The maximum atomic E-state index is 12.0. The van der Waals surface area contributed by atoms with Gasteiger partial charge in [0.05, 0.1) is 7.11 Å². The zero-order chi connectivity index (χ0) is 15.8. The molecule has 0 amide bonds. The largest absolute Gasteiger partial charge is 0.468 e. The van der Waals surface area contributed by atoms with Crippen LogP contribution in [0.3, 0.4) is 0 Å². The highest BCUT2D eigenvalue weighted by atomic mass is 35.5. The van der Waals surface area contributed by atoms with Crippen molar-refractivity contribution in [2.75, 3.05) is 7.11 Å². The number of ether oxygens (including phenoxy) is 1. The van der Waals surface area contributed by atoms with Crippen LogP contribution in [-0.4, -0.2) is 19.1 Å². The molecule has 0 fully saturated rings. The maximum absolute atomic E-state index is 12.0. The molecule has 1 rings (SSSR count). The average molecular weight is 312 g/mol. The Morgan fingerprint density at radius 2 is 1.90 bits per heavy atom. The van der Waals surface area contributed by atoms with Crippen molar-refractivity contribution >= 4 is 17.6 Å². The van der Waals surface area contributed by atoms with Crippen LogP contribution >= 0.6 is 11.6 Å². The first-order chi connectivity index (χ1) is 10.0. The smallest absolute Gasteiger partial charge is 0.323 e. The molecule has 0 saturated heterocycles. The van der Waals surface area contributed by atoms with Gasteiger partial charge in [-0.1, -0.05) is 57.3 Å². The lowest BCUT2D eigenvalue weighted by Gasteiger charge is -2.28. The Morgan fingerprint density at radius 1 is 1.29 bits per heavy atom. The van der Waals surface area contributed by atoms with Crippen molar-refractivity contribution in [2.45, 2.75) is 52.1 Å². The van der Waals surface area contributed by atoms with Gasteiger partial charge in [0.15, 0.2) is 0 Å². The Bertz CT molecular complexity index is 433. The van der Waals surface area contributed by atoms with Crippen LogP contribution in [-0.2, 0) is 9.53 Å². The number of methoxy groups -OCH3 is 1. The van der Waals surface area contributed by atoms with Gasteiger partial charge >= 0.3 is 5.97 Å². The van der Waals surface area contributed by atoms with Crippen molar-refractivity contribution in [3.05, 3.63) is 34.9 Å². The van der Waals surface area contributed by atoms with Gasteiger partial charge < -0.3 is 4.74 Å². The van der Waals surface area contributed by atoms with E-state index < -0.39 is 0 Å². The number of carbonyl (C=O) groups is 1. The highest BCUT2D eigenvalue weighted by Crippen LogP contribution is 2.23. The first-order valence-corrected chi connectivity index (χ1v) is 8.00. The molecule has 1 aromatic rings. The highest BCUT2D eigenvalue weighted by Gasteiger charge is 2.27. The molecule has 3 atom stereocenters. The van der Waals surface area contributed by atoms with E-state index in [-0.39, 0.29) is 24.0 Å². The molecule has 0 aliphatic rings. The lowest BCUT2D eigenvalue weighted by molar-refractivity contribution is -0.144. The maximum Gasteiger partial charge on any atom is 0.323 e. The third-order valence-corrected chi connectivity index (χ3v) is 4.15. The summed E-state index contributed by atoms with van der Waals surface area (Å²) < 4.78 is 4.95. The van der Waals surface area contributed by atoms with E-state index in [1.165, 1.54) is 7.11 Å². The Morgan fingerprint density at radius 3 is 2.38 bits per heavy atom. The van der Waals surface area contributed by atoms with Crippen molar-refractivity contribution in [2.24, 2.45) is 5.92 Å². The lowest BCUT2D eigenvalue weighted by Crippen LogP contribution is -2.44. The molecule has 0 heterocycles. The fourth-order valence-electron chi connectivity index (χ4n) is 2.37. The molecule has 0 aliphatic carbocycles. The number of hydrogen-bond donors (Lipinski definition) is 1. The minimum Gasteiger partial charge on any atom is -0.468 e. The van der Waals surface area contributed by atoms with E-state index >= 15 is 0 Å². The van der Waals surface area contributed by atoms with Gasteiger partial charge in [0.25, 0.3) is 0 Å². The minimum atomic E-state index is -0.285. The van der Waals surface area contributed by atoms with E-state index in [4.69, 9.17) is 16.3 Å². The first kappa shape index (κ1) is 18.0. The van der Waals surface area contributed by atoms with Crippen molar-refractivity contribution < 1.29 is 9.53 Å². The number of rotatable bonds is 8. The number of benzene rings is 1. The van der Waals surface area contributed by atoms with Crippen LogP contribution in [0.4, 0.5) is 0 Å². The Hall–Kier alpha value is -1.06. The quantitative estimate of drug-likeness (QED) is 0.725. The van der Waals surface area contributed by atoms with Crippen molar-refractivity contribution in [1.29, 1.82) is 0 Å². The Kier molecular flexibility index (Phi) is 7.76. The zero-order valence-corrected chi connectivity index (χ0v) is 14.1. The van der Waals surface area contributed by atoms with Crippen LogP contribution < -0.4 is 5.32 Å². The third-order valence-electron chi connectivity index (χ3n) is 3.90. The molecule has 0 aromatic heterocycles. The van der Waals surface area contributed by atoms with E-state index in [1.807, 2.05) is 24.3 Å². The number of nitrogens with one attached hydrogen (secondary N) is 1. The van der Waals surface area contributed by atoms with Gasteiger partial charge in [-0.05, 0) is 30.0 Å². The highest BCUT2D eigenvalue weighted by molar-refractivity contribution is 6.30. The number of hydrogen-bond acceptors (Lipinski definition) is 3. The van der Waals surface area contributed by atoms with Crippen LogP contribution in [0.1, 0.15) is 51.6 Å². The first-order valence-electron chi connectivity index (χ1n) is 7.62. The number of halogens is 1. The van der Waals surface area contributed by atoms with E-state index in [0.29, 0.717) is 0 Å². The van der Waals surface area contributed by atoms with Gasteiger partial charge in [0, 0.05) is 11.1 Å². The fraction of sp³-hybridized carbons (Fsp3) is 0.588. The molecule has 4 heteroatoms. The molecular formula is C17H26ClNO2. The molecule has 1 aromatic carbocycles. The van der Waals surface area contributed by atoms with Gasteiger partial charge in [-0.2, -0.15) is 0 Å². The molecular weight excluding hydrogens is 286 g/mol. The molecule has 0 radical (unpaired) electrons. The summed E-state index contributed by atoms with van der Waals surface area (Å²) in [6, 6.07) is 7.65. The van der Waals surface area contributed by atoms with Gasteiger partial charge in [0.1, 0.15) is 6.04 Å². The molecule has 0 aliphatic heterocycles. The third kappa shape index (κ3) is 5.33. The topological polar surface area (TPSA) is 38.3 Å². The minimum absolute atomic E-state index is 0.130. The molecule has 0 bridgehead atoms. The molecule has 3 nitrogen and oxygen atoms in total. The van der Waals surface area contributed by atoms with Crippen LogP contribution in [0.5, 0.6) is 0 Å². The fourth-order valence-corrected chi connectivity index (χ4v) is 2.50. The second-order valence-electron chi connectivity index (χ2n) is 5.45. The molecule has 0 spiro atoms. The Balaban J connectivity index is 2.93. The SMILES string of the molecule is CCCC(NC(C(=O)OC)C(C)CC)c1ccc(Cl)cc1. The molecule has 1 N–H and O–H groups in total. The van der Waals surface area contributed by atoms with Crippen molar-refractivity contribution in [3.8, 4) is 0 Å². The van der Waals surface area contributed by atoms with Crippen molar-refractivity contribution in [3.63, 3.8) is 0 Å². The van der Waals surface area contributed by atoms with Crippen LogP contribution in [0.15, 0.2) is 24.3 Å². The average Bonchev–Trinajstić information content (AvgIpc) is 2.50. The second kappa shape index (κ2) is 9.06. The standard InChI is InChI=1S/C17H26ClNO2/c1-5-7-15(13-8-10-14(18)11-9-13)19-16(12(3)6-2)17(20)21-4/h8-12,15-16,19H,5-7H2,1-4H3. The van der Waals surface area contributed by atoms with E-state index in [9.17, 15) is 4.79 Å². The zero-order valence-electron chi connectivity index (χ0n) is 13.4. The molecule has 118 valence electrons. The summed E-state index contributed by atoms with van der Waals surface area (Å²) in [5.41, 5.74) is 1.15. The number of carbonyl (C=O) groups excluding carboxylic acids is 1. The molecule has 3 unspecified atom stereocenters. The van der Waals surface area contributed by atoms with Crippen molar-refractivity contribution in [1.82, 2.24) is 5.32 Å². The second-order valence-corrected chi connectivity index (χ2v) is 5.88. The summed E-state index contributed by atoms with van der Waals surface area (Å²) >= 11 is 5.95. The van der Waals surface area contributed by atoms with E-state index in [1.54, 1.807) is 0 Å². The molecule has 21 heavy (non-hydrogen) atoms. The van der Waals surface area contributed by atoms with Crippen LogP contribution in [0.25, 0.3) is 0 Å². The van der Waals surface area contributed by atoms with Gasteiger partial charge in [-0.25, -0.2) is 0 Å². The summed E-state index contributed by atoms with van der Waals surface area (Å²) in [6.45, 7) is 6.29. The van der Waals surface area contributed by atoms with Gasteiger partial charge in [-0.3, -0.25) is 10.1 Å². The summed E-state index contributed by atoms with van der Waals surface area (Å²) in [6.07, 6.45) is 2.92. The Labute approximate surface area is 133 Å². The van der Waals surface area contributed by atoms with E-state index in [2.05, 4.69) is 26.1 Å². The lowest BCUT2D eigenvalue weighted by atomic mass is 9.95. The van der Waals surface area contributed by atoms with Gasteiger partial charge in [-0.15, -0.1) is 0 Å². The summed E-state index contributed by atoms with van der Waals surface area (Å²) in [4.78, 5) is 12.0. The number of esters is 1. The van der Waals surface area contributed by atoms with Crippen LogP contribution in [0, 0.1) is 5.92 Å². The van der Waals surface area contributed by atoms with Gasteiger partial charge in [0.2, 0.25) is 0 Å². The molecule has 0 saturated carbocycles.